The van der Waals surface area contributed by atoms with E-state index in [9.17, 15) is 8.42 Å². The van der Waals surface area contributed by atoms with Crippen molar-refractivity contribution in [1.29, 1.82) is 0 Å². The molecule has 6 heteroatoms. The van der Waals surface area contributed by atoms with Crippen LogP contribution in [0, 0.1) is 0 Å². The summed E-state index contributed by atoms with van der Waals surface area (Å²) in [4.78, 5) is 1.62. The lowest BCUT2D eigenvalue weighted by Gasteiger charge is -2.30. The number of hydrogen-bond donors (Lipinski definition) is 2. The van der Waals surface area contributed by atoms with Crippen LogP contribution in [0.2, 0.25) is 0 Å². The number of hydrogen-bond acceptors (Lipinski definition) is 4. The molecule has 0 aliphatic carbocycles. The van der Waals surface area contributed by atoms with Gasteiger partial charge in [-0.15, -0.1) is 0 Å². The lowest BCUT2D eigenvalue weighted by molar-refractivity contribution is 0.243. The highest BCUT2D eigenvalue weighted by Crippen LogP contribution is 2.05. The highest BCUT2D eigenvalue weighted by molar-refractivity contribution is 7.86. The van der Waals surface area contributed by atoms with Crippen LogP contribution in [0.3, 0.4) is 0 Å². The summed E-state index contributed by atoms with van der Waals surface area (Å²) in [5.41, 5.74) is 0. The molecule has 0 radical (unpaired) electrons. The molecule has 0 aromatic carbocycles. The predicted octanol–water partition coefficient (Wildman–Crippen LogP) is -1.26. The zero-order valence-electron chi connectivity index (χ0n) is 6.32. The van der Waals surface area contributed by atoms with Crippen LogP contribution in [0.15, 0.2) is 0 Å². The van der Waals surface area contributed by atoms with Gasteiger partial charge in [-0.2, -0.15) is 8.42 Å². The highest BCUT2D eigenvalue weighted by Gasteiger charge is 2.29. The van der Waals surface area contributed by atoms with Gasteiger partial charge in [0.25, 0.3) is 10.1 Å². The molecule has 0 spiro atoms. The lowest BCUT2D eigenvalue weighted by atomic mass is 10.4. The van der Waals surface area contributed by atoms with Gasteiger partial charge in [0.15, 0.2) is 5.37 Å². The topological polar surface area (TPSA) is 69.6 Å². The molecular weight excluding hydrogens is 168 g/mol. The van der Waals surface area contributed by atoms with E-state index in [1.165, 1.54) is 0 Å². The Morgan fingerprint density at radius 2 is 2.27 bits per heavy atom. The zero-order chi connectivity index (χ0) is 8.48. The molecular formula is C5H12N2O3S. The van der Waals surface area contributed by atoms with Gasteiger partial charge in [-0.3, -0.25) is 9.45 Å². The minimum atomic E-state index is -3.91. The summed E-state index contributed by atoms with van der Waals surface area (Å²) >= 11 is 0. The van der Waals surface area contributed by atoms with Crippen molar-refractivity contribution in [3.05, 3.63) is 0 Å². The van der Waals surface area contributed by atoms with E-state index in [-0.39, 0.29) is 0 Å². The second kappa shape index (κ2) is 3.06. The van der Waals surface area contributed by atoms with Crippen LogP contribution in [0.5, 0.6) is 0 Å². The molecule has 0 aromatic heterocycles. The molecule has 1 saturated heterocycles. The van der Waals surface area contributed by atoms with Gasteiger partial charge < -0.3 is 5.32 Å². The van der Waals surface area contributed by atoms with Crippen LogP contribution in [-0.4, -0.2) is 49.9 Å². The molecule has 1 aliphatic heterocycles. The highest BCUT2D eigenvalue weighted by atomic mass is 32.2. The minimum absolute atomic E-state index is 0.301. The molecule has 0 bridgehead atoms. The van der Waals surface area contributed by atoms with E-state index in [1.807, 2.05) is 0 Å². The Kier molecular flexibility index (Phi) is 2.48. The molecule has 5 nitrogen and oxygen atoms in total. The fourth-order valence-corrected chi connectivity index (χ4v) is 2.00. The first-order chi connectivity index (χ1) is 5.02. The van der Waals surface area contributed by atoms with Crippen LogP contribution in [-0.2, 0) is 10.1 Å². The Balaban J connectivity index is 2.70. The van der Waals surface area contributed by atoms with E-state index in [0.717, 1.165) is 6.54 Å². The van der Waals surface area contributed by atoms with Gasteiger partial charge in [-0.05, 0) is 7.05 Å². The molecule has 1 aliphatic rings. The maximum Gasteiger partial charge on any atom is 0.282 e. The standard InChI is InChI=1S/C5H12N2O3S/c1-7-3-2-6-4-5(7)11(8,9)10/h5-6H,2-4H2,1H3,(H,8,9,10). The molecule has 0 amide bonds. The van der Waals surface area contributed by atoms with Gasteiger partial charge in [0, 0.05) is 19.6 Å². The second-order valence-corrected chi connectivity index (χ2v) is 4.23. The van der Waals surface area contributed by atoms with Crippen LogP contribution >= 0.6 is 0 Å². The largest absolute Gasteiger partial charge is 0.313 e. The Morgan fingerprint density at radius 3 is 2.64 bits per heavy atom. The van der Waals surface area contributed by atoms with Crippen LogP contribution in [0.25, 0.3) is 0 Å². The van der Waals surface area contributed by atoms with Crippen molar-refractivity contribution in [2.45, 2.75) is 5.37 Å². The van der Waals surface area contributed by atoms with E-state index < -0.39 is 15.5 Å². The van der Waals surface area contributed by atoms with Crippen molar-refractivity contribution < 1.29 is 13.0 Å². The summed E-state index contributed by atoms with van der Waals surface area (Å²) in [6.45, 7) is 1.71. The number of nitrogens with zero attached hydrogens (tertiary/aromatic N) is 1. The Morgan fingerprint density at radius 1 is 1.64 bits per heavy atom. The Hall–Kier alpha value is -0.170. The van der Waals surface area contributed by atoms with E-state index in [1.54, 1.807) is 11.9 Å². The fourth-order valence-electron chi connectivity index (χ4n) is 1.11. The number of likely N-dealkylation sites (N-methyl/N-ethyl adjacent to an activating group) is 1. The van der Waals surface area contributed by atoms with Gasteiger partial charge in [0.05, 0.1) is 0 Å². The molecule has 0 aromatic rings. The fraction of sp³-hybridized carbons (Fsp3) is 1.00. The van der Waals surface area contributed by atoms with Crippen LogP contribution in [0.1, 0.15) is 0 Å². The molecule has 66 valence electrons. The maximum absolute atomic E-state index is 10.7. The quantitative estimate of drug-likeness (QED) is 0.493. The van der Waals surface area contributed by atoms with Crippen molar-refractivity contribution in [3.8, 4) is 0 Å². The SMILES string of the molecule is CN1CCNCC1S(=O)(=O)O. The molecule has 11 heavy (non-hydrogen) atoms. The maximum atomic E-state index is 10.7. The van der Waals surface area contributed by atoms with Crippen molar-refractivity contribution in [2.75, 3.05) is 26.7 Å². The molecule has 1 atom stereocenters. The van der Waals surface area contributed by atoms with E-state index in [2.05, 4.69) is 5.32 Å². The number of rotatable bonds is 1. The summed E-state index contributed by atoms with van der Waals surface area (Å²) in [5.74, 6) is 0. The Labute approximate surface area is 66.1 Å². The van der Waals surface area contributed by atoms with Crippen molar-refractivity contribution in [1.82, 2.24) is 10.2 Å². The average Bonchev–Trinajstić information content (AvgIpc) is 1.86. The van der Waals surface area contributed by atoms with Gasteiger partial charge in [-0.1, -0.05) is 0 Å². The first-order valence-corrected chi connectivity index (χ1v) is 4.89. The average molecular weight is 180 g/mol. The normalized spacial score (nSPS) is 28.7. The van der Waals surface area contributed by atoms with Gasteiger partial charge in [-0.25, -0.2) is 0 Å². The third kappa shape index (κ3) is 2.13. The number of piperazine rings is 1. The summed E-state index contributed by atoms with van der Waals surface area (Å²) in [6.07, 6.45) is 0. The third-order valence-electron chi connectivity index (χ3n) is 1.80. The summed E-state index contributed by atoms with van der Waals surface area (Å²) in [7, 11) is -2.23. The first kappa shape index (κ1) is 8.92. The summed E-state index contributed by atoms with van der Waals surface area (Å²) in [5, 5.41) is 2.11. The smallest absolute Gasteiger partial charge is 0.282 e. The monoisotopic (exact) mass is 180 g/mol. The van der Waals surface area contributed by atoms with Crippen LogP contribution in [0.4, 0.5) is 0 Å². The summed E-state index contributed by atoms with van der Waals surface area (Å²) in [6, 6.07) is 0. The van der Waals surface area contributed by atoms with Crippen molar-refractivity contribution in [2.24, 2.45) is 0 Å². The summed E-state index contributed by atoms with van der Waals surface area (Å²) < 4.78 is 30.0. The Bertz CT molecular complexity index is 226. The lowest BCUT2D eigenvalue weighted by Crippen LogP contribution is -2.52. The molecule has 1 rings (SSSR count). The first-order valence-electron chi connectivity index (χ1n) is 3.39. The number of nitrogens with one attached hydrogen (secondary N) is 1. The van der Waals surface area contributed by atoms with Crippen molar-refractivity contribution >= 4 is 10.1 Å². The van der Waals surface area contributed by atoms with Crippen molar-refractivity contribution in [3.63, 3.8) is 0 Å². The van der Waals surface area contributed by atoms with Gasteiger partial charge in [0.1, 0.15) is 0 Å². The van der Waals surface area contributed by atoms with Gasteiger partial charge in [0.2, 0.25) is 0 Å². The molecule has 1 fully saturated rings. The molecule has 0 saturated carbocycles. The molecule has 1 heterocycles. The zero-order valence-corrected chi connectivity index (χ0v) is 7.13. The van der Waals surface area contributed by atoms with Crippen LogP contribution < -0.4 is 5.32 Å². The van der Waals surface area contributed by atoms with E-state index >= 15 is 0 Å². The van der Waals surface area contributed by atoms with E-state index in [0.29, 0.717) is 13.1 Å². The molecule has 1 unspecified atom stereocenters. The molecule has 2 N–H and O–H groups in total. The predicted molar refractivity (Wildman–Crippen MR) is 40.8 cm³/mol. The van der Waals surface area contributed by atoms with E-state index in [4.69, 9.17) is 4.55 Å². The third-order valence-corrected chi connectivity index (χ3v) is 3.01. The van der Waals surface area contributed by atoms with Gasteiger partial charge >= 0.3 is 0 Å². The minimum Gasteiger partial charge on any atom is -0.313 e. The second-order valence-electron chi connectivity index (χ2n) is 2.65.